The van der Waals surface area contributed by atoms with E-state index in [2.05, 4.69) is 51.7 Å². The second kappa shape index (κ2) is 8.26. The van der Waals surface area contributed by atoms with Crippen LogP contribution in [0.3, 0.4) is 0 Å². The first kappa shape index (κ1) is 17.6. The van der Waals surface area contributed by atoms with Crippen molar-refractivity contribution in [1.82, 2.24) is 15.2 Å². The third-order valence-electron chi connectivity index (χ3n) is 5.32. The minimum atomic E-state index is 0.794. The second-order valence-electron chi connectivity index (χ2n) is 7.25. The number of aromatic nitrogens is 1. The SMILES string of the molecule is Clc1cccc(Cn2cc(CNCC3CCNCC3)c3ccccc32)c1. The van der Waals surface area contributed by atoms with Gasteiger partial charge in [-0.2, -0.15) is 0 Å². The summed E-state index contributed by atoms with van der Waals surface area (Å²) in [6.07, 6.45) is 4.86. The molecule has 0 aliphatic carbocycles. The van der Waals surface area contributed by atoms with Crippen LogP contribution < -0.4 is 10.6 Å². The lowest BCUT2D eigenvalue weighted by Crippen LogP contribution is -2.33. The van der Waals surface area contributed by atoms with Gasteiger partial charge in [-0.25, -0.2) is 0 Å². The van der Waals surface area contributed by atoms with Gasteiger partial charge in [-0.3, -0.25) is 0 Å². The number of fused-ring (bicyclic) bond motifs is 1. The predicted molar refractivity (Wildman–Crippen MR) is 110 cm³/mol. The van der Waals surface area contributed by atoms with Crippen molar-refractivity contribution in [2.45, 2.75) is 25.9 Å². The van der Waals surface area contributed by atoms with E-state index in [1.807, 2.05) is 18.2 Å². The second-order valence-corrected chi connectivity index (χ2v) is 7.69. The van der Waals surface area contributed by atoms with E-state index in [4.69, 9.17) is 11.6 Å². The van der Waals surface area contributed by atoms with Crippen LogP contribution in [-0.2, 0) is 13.1 Å². The number of para-hydroxylation sites is 1. The molecule has 3 aromatic rings. The zero-order chi connectivity index (χ0) is 17.8. The summed E-state index contributed by atoms with van der Waals surface area (Å²) in [6, 6.07) is 16.8. The van der Waals surface area contributed by atoms with Crippen molar-refractivity contribution < 1.29 is 0 Å². The number of nitrogens with zero attached hydrogens (tertiary/aromatic N) is 1. The highest BCUT2D eigenvalue weighted by molar-refractivity contribution is 6.30. The molecule has 0 saturated carbocycles. The first-order valence-electron chi connectivity index (χ1n) is 9.52. The lowest BCUT2D eigenvalue weighted by molar-refractivity contribution is 0.356. The van der Waals surface area contributed by atoms with Gasteiger partial charge >= 0.3 is 0 Å². The van der Waals surface area contributed by atoms with Crippen LogP contribution in [0.4, 0.5) is 0 Å². The van der Waals surface area contributed by atoms with E-state index in [1.54, 1.807) is 0 Å². The van der Waals surface area contributed by atoms with E-state index in [9.17, 15) is 0 Å². The molecular formula is C22H26ClN3. The quantitative estimate of drug-likeness (QED) is 0.674. The average molecular weight is 368 g/mol. The van der Waals surface area contributed by atoms with E-state index < -0.39 is 0 Å². The molecule has 0 spiro atoms. The molecule has 0 amide bonds. The Balaban J connectivity index is 1.50. The number of hydrogen-bond donors (Lipinski definition) is 2. The summed E-state index contributed by atoms with van der Waals surface area (Å²) in [5.41, 5.74) is 3.88. The summed E-state index contributed by atoms with van der Waals surface area (Å²) in [6.45, 7) is 5.19. The van der Waals surface area contributed by atoms with Gasteiger partial charge in [0.15, 0.2) is 0 Å². The molecule has 4 rings (SSSR count). The van der Waals surface area contributed by atoms with Crippen molar-refractivity contribution in [2.24, 2.45) is 5.92 Å². The van der Waals surface area contributed by atoms with E-state index in [0.717, 1.165) is 43.7 Å². The molecule has 0 unspecified atom stereocenters. The van der Waals surface area contributed by atoms with Crippen LogP contribution >= 0.6 is 11.6 Å². The average Bonchev–Trinajstić information content (AvgIpc) is 3.01. The maximum Gasteiger partial charge on any atom is 0.0486 e. The fraction of sp³-hybridized carbons (Fsp3) is 0.364. The van der Waals surface area contributed by atoms with Crippen LogP contribution in [0.1, 0.15) is 24.0 Å². The Labute approximate surface area is 160 Å². The van der Waals surface area contributed by atoms with Crippen LogP contribution in [0, 0.1) is 5.92 Å². The van der Waals surface area contributed by atoms with Gasteiger partial charge in [0.1, 0.15) is 0 Å². The molecule has 0 atom stereocenters. The number of hydrogen-bond acceptors (Lipinski definition) is 2. The van der Waals surface area contributed by atoms with Crippen molar-refractivity contribution in [2.75, 3.05) is 19.6 Å². The Morgan fingerprint density at radius 3 is 2.77 bits per heavy atom. The molecule has 1 aliphatic rings. The first-order chi connectivity index (χ1) is 12.8. The first-order valence-corrected chi connectivity index (χ1v) is 9.90. The van der Waals surface area contributed by atoms with Gasteiger partial charge in [0, 0.05) is 35.2 Å². The Bertz CT molecular complexity index is 865. The van der Waals surface area contributed by atoms with Crippen LogP contribution in [0.15, 0.2) is 54.7 Å². The van der Waals surface area contributed by atoms with Crippen LogP contribution in [0.25, 0.3) is 10.9 Å². The number of nitrogens with one attached hydrogen (secondary N) is 2. The Morgan fingerprint density at radius 1 is 1.08 bits per heavy atom. The highest BCUT2D eigenvalue weighted by Gasteiger charge is 2.13. The summed E-state index contributed by atoms with van der Waals surface area (Å²) in [5, 5.41) is 9.26. The van der Waals surface area contributed by atoms with Gasteiger partial charge < -0.3 is 15.2 Å². The maximum atomic E-state index is 6.15. The summed E-state index contributed by atoms with van der Waals surface area (Å²) < 4.78 is 2.34. The largest absolute Gasteiger partial charge is 0.343 e. The molecule has 1 fully saturated rings. The Kier molecular flexibility index (Phi) is 5.59. The molecule has 2 N–H and O–H groups in total. The van der Waals surface area contributed by atoms with Crippen LogP contribution in [0.2, 0.25) is 5.02 Å². The Morgan fingerprint density at radius 2 is 1.92 bits per heavy atom. The summed E-state index contributed by atoms with van der Waals surface area (Å²) >= 11 is 6.15. The third-order valence-corrected chi connectivity index (χ3v) is 5.56. The fourth-order valence-corrected chi connectivity index (χ4v) is 4.14. The van der Waals surface area contributed by atoms with E-state index in [-0.39, 0.29) is 0 Å². The fourth-order valence-electron chi connectivity index (χ4n) is 3.92. The molecule has 26 heavy (non-hydrogen) atoms. The summed E-state index contributed by atoms with van der Waals surface area (Å²) in [4.78, 5) is 0. The lowest BCUT2D eigenvalue weighted by Gasteiger charge is -2.22. The van der Waals surface area contributed by atoms with Crippen LogP contribution in [0.5, 0.6) is 0 Å². The minimum Gasteiger partial charge on any atom is -0.343 e. The highest BCUT2D eigenvalue weighted by Crippen LogP contribution is 2.23. The number of benzene rings is 2. The minimum absolute atomic E-state index is 0.794. The van der Waals surface area contributed by atoms with Gasteiger partial charge in [-0.1, -0.05) is 41.9 Å². The van der Waals surface area contributed by atoms with E-state index in [0.29, 0.717) is 0 Å². The molecule has 4 heteroatoms. The summed E-state index contributed by atoms with van der Waals surface area (Å²) in [5.74, 6) is 0.802. The predicted octanol–water partition coefficient (Wildman–Crippen LogP) is 4.43. The Hall–Kier alpha value is -1.81. The molecule has 2 aromatic carbocycles. The number of piperidine rings is 1. The highest BCUT2D eigenvalue weighted by atomic mass is 35.5. The van der Waals surface area contributed by atoms with Crippen molar-refractivity contribution >= 4 is 22.5 Å². The van der Waals surface area contributed by atoms with Crippen LogP contribution in [-0.4, -0.2) is 24.2 Å². The molecule has 0 bridgehead atoms. The normalized spacial score (nSPS) is 15.6. The molecule has 2 heterocycles. The monoisotopic (exact) mass is 367 g/mol. The smallest absolute Gasteiger partial charge is 0.0486 e. The standard InChI is InChI=1S/C22H26ClN3/c23-20-5-3-4-18(12-20)15-26-16-19(21-6-1-2-7-22(21)26)14-25-13-17-8-10-24-11-9-17/h1-7,12,16-17,24-25H,8-11,13-15H2. The molecule has 136 valence electrons. The van der Waals surface area contributed by atoms with Crippen molar-refractivity contribution in [3.63, 3.8) is 0 Å². The van der Waals surface area contributed by atoms with Gasteiger partial charge in [0.2, 0.25) is 0 Å². The summed E-state index contributed by atoms with van der Waals surface area (Å²) in [7, 11) is 0. The lowest BCUT2D eigenvalue weighted by atomic mass is 9.98. The molecular weight excluding hydrogens is 342 g/mol. The number of halogens is 1. The van der Waals surface area contributed by atoms with E-state index >= 15 is 0 Å². The molecule has 1 saturated heterocycles. The van der Waals surface area contributed by atoms with Crippen molar-refractivity contribution in [3.05, 3.63) is 70.9 Å². The molecule has 1 aliphatic heterocycles. The van der Waals surface area contributed by atoms with Gasteiger partial charge in [0.25, 0.3) is 0 Å². The van der Waals surface area contributed by atoms with Gasteiger partial charge in [0.05, 0.1) is 0 Å². The zero-order valence-corrected chi connectivity index (χ0v) is 15.8. The molecule has 3 nitrogen and oxygen atoms in total. The molecule has 0 radical (unpaired) electrons. The van der Waals surface area contributed by atoms with Crippen molar-refractivity contribution in [3.8, 4) is 0 Å². The number of rotatable bonds is 6. The van der Waals surface area contributed by atoms with Crippen molar-refractivity contribution in [1.29, 1.82) is 0 Å². The topological polar surface area (TPSA) is 29.0 Å². The third kappa shape index (κ3) is 4.12. The van der Waals surface area contributed by atoms with Gasteiger partial charge in [-0.05, 0) is 67.7 Å². The molecule has 1 aromatic heterocycles. The maximum absolute atomic E-state index is 6.15. The van der Waals surface area contributed by atoms with Gasteiger partial charge in [-0.15, -0.1) is 0 Å². The van der Waals surface area contributed by atoms with E-state index in [1.165, 1.54) is 34.9 Å². The zero-order valence-electron chi connectivity index (χ0n) is 15.0.